The molecule has 18 heavy (non-hydrogen) atoms. The highest BCUT2D eigenvalue weighted by atomic mass is 32.1. The molecule has 2 rings (SSSR count). The van der Waals surface area contributed by atoms with E-state index in [9.17, 15) is 9.59 Å². The molecule has 1 saturated carbocycles. The molecule has 6 heteroatoms. The second-order valence-electron chi connectivity index (χ2n) is 4.85. The summed E-state index contributed by atoms with van der Waals surface area (Å²) in [6.45, 7) is 3.89. The molecule has 1 aromatic heterocycles. The van der Waals surface area contributed by atoms with Crippen molar-refractivity contribution in [3.63, 3.8) is 0 Å². The Morgan fingerprint density at radius 1 is 1.39 bits per heavy atom. The van der Waals surface area contributed by atoms with E-state index in [2.05, 4.69) is 5.32 Å². The minimum absolute atomic E-state index is 0.0387. The number of nitrogens with two attached hydrogens (primary N) is 2. The lowest BCUT2D eigenvalue weighted by Gasteiger charge is -2.08. The van der Waals surface area contributed by atoms with Gasteiger partial charge in [0.1, 0.15) is 5.00 Å². The van der Waals surface area contributed by atoms with Crippen LogP contribution in [-0.4, -0.2) is 17.7 Å². The first-order chi connectivity index (χ1) is 8.41. The number of thiophene rings is 1. The molecule has 5 N–H and O–H groups in total. The van der Waals surface area contributed by atoms with Crippen LogP contribution >= 0.6 is 11.3 Å². The Labute approximate surface area is 110 Å². The number of ketones is 1. The molecule has 0 radical (unpaired) electrons. The number of Topliss-reactive ketones (excluding diaryl/α,β-unsaturated/α-hetero) is 1. The van der Waals surface area contributed by atoms with Gasteiger partial charge in [0.15, 0.2) is 5.78 Å². The average Bonchev–Trinajstić information content (AvgIpc) is 3.02. The molecule has 0 unspecified atom stereocenters. The Kier molecular flexibility index (Phi) is 3.30. The molecule has 0 saturated heterocycles. The van der Waals surface area contributed by atoms with Gasteiger partial charge >= 0.3 is 0 Å². The van der Waals surface area contributed by atoms with Gasteiger partial charge in [0.2, 0.25) is 0 Å². The first kappa shape index (κ1) is 12.9. The summed E-state index contributed by atoms with van der Waals surface area (Å²) in [4.78, 5) is 24.0. The molecule has 1 fully saturated rings. The number of amides is 1. The van der Waals surface area contributed by atoms with Crippen molar-refractivity contribution in [1.29, 1.82) is 0 Å². The lowest BCUT2D eigenvalue weighted by molar-refractivity contribution is 0.0972. The molecule has 1 amide bonds. The number of anilines is 2. The number of nitrogens with one attached hydrogen (secondary N) is 1. The number of carbonyl (C=O) groups excluding carboxylic acids is 2. The molecule has 5 nitrogen and oxygen atoms in total. The van der Waals surface area contributed by atoms with Gasteiger partial charge in [-0.2, -0.15) is 0 Å². The lowest BCUT2D eigenvalue weighted by atomic mass is 10.1. The van der Waals surface area contributed by atoms with E-state index in [1.54, 1.807) is 0 Å². The van der Waals surface area contributed by atoms with E-state index in [0.29, 0.717) is 9.88 Å². The Balaban J connectivity index is 2.42. The maximum Gasteiger partial charge on any atom is 0.253 e. The minimum Gasteiger partial charge on any atom is -0.397 e. The van der Waals surface area contributed by atoms with Gasteiger partial charge in [0.05, 0.1) is 16.1 Å². The topological polar surface area (TPSA) is 98.2 Å². The number of rotatable bonds is 5. The molecule has 1 aromatic rings. The molecule has 0 atom stereocenters. The Bertz CT molecular complexity index is 504. The largest absolute Gasteiger partial charge is 0.397 e. The summed E-state index contributed by atoms with van der Waals surface area (Å²) in [5.74, 6) is -0.475. The SMILES string of the molecule is CC(C)Nc1sc(C(=O)C2CC2)c(N)c1C(N)=O. The third-order valence-corrected chi connectivity index (χ3v) is 3.93. The van der Waals surface area contributed by atoms with Gasteiger partial charge < -0.3 is 16.8 Å². The molecule has 1 aliphatic rings. The summed E-state index contributed by atoms with van der Waals surface area (Å²) in [5, 5.41) is 3.71. The fourth-order valence-corrected chi connectivity index (χ4v) is 3.06. The molecule has 0 bridgehead atoms. The van der Waals surface area contributed by atoms with Crippen molar-refractivity contribution >= 4 is 33.7 Å². The van der Waals surface area contributed by atoms with Crippen LogP contribution in [0.25, 0.3) is 0 Å². The Morgan fingerprint density at radius 2 is 2.00 bits per heavy atom. The van der Waals surface area contributed by atoms with Crippen molar-refractivity contribution in [2.75, 3.05) is 11.1 Å². The van der Waals surface area contributed by atoms with E-state index in [0.717, 1.165) is 12.8 Å². The van der Waals surface area contributed by atoms with E-state index in [1.807, 2.05) is 13.8 Å². The molecule has 0 aromatic carbocycles. The Morgan fingerprint density at radius 3 is 2.44 bits per heavy atom. The van der Waals surface area contributed by atoms with E-state index in [4.69, 9.17) is 11.5 Å². The predicted octanol–water partition coefficient (Wildman–Crippen LogP) is 1.84. The van der Waals surface area contributed by atoms with Gasteiger partial charge in [0.25, 0.3) is 5.91 Å². The Hall–Kier alpha value is -1.56. The van der Waals surface area contributed by atoms with Gasteiger partial charge in [-0.05, 0) is 26.7 Å². The zero-order valence-corrected chi connectivity index (χ0v) is 11.3. The molecule has 0 aliphatic heterocycles. The number of hydrogen-bond acceptors (Lipinski definition) is 5. The zero-order chi connectivity index (χ0) is 13.4. The second-order valence-corrected chi connectivity index (χ2v) is 5.87. The highest BCUT2D eigenvalue weighted by Gasteiger charge is 2.34. The van der Waals surface area contributed by atoms with E-state index in [-0.39, 0.29) is 29.0 Å². The van der Waals surface area contributed by atoms with Crippen molar-refractivity contribution in [3.8, 4) is 0 Å². The van der Waals surface area contributed by atoms with Crippen LogP contribution in [0.5, 0.6) is 0 Å². The fourth-order valence-electron chi connectivity index (χ4n) is 1.77. The van der Waals surface area contributed by atoms with Crippen LogP contribution in [-0.2, 0) is 0 Å². The highest BCUT2D eigenvalue weighted by Crippen LogP contribution is 2.41. The molecule has 98 valence electrons. The third kappa shape index (κ3) is 2.33. The zero-order valence-electron chi connectivity index (χ0n) is 10.4. The minimum atomic E-state index is -0.596. The summed E-state index contributed by atoms with van der Waals surface area (Å²) in [6.07, 6.45) is 1.82. The first-order valence-electron chi connectivity index (χ1n) is 5.94. The molecular formula is C12H17N3O2S. The van der Waals surface area contributed by atoms with E-state index < -0.39 is 5.91 Å². The van der Waals surface area contributed by atoms with Crippen LogP contribution < -0.4 is 16.8 Å². The van der Waals surface area contributed by atoms with Gasteiger partial charge in [-0.25, -0.2) is 0 Å². The average molecular weight is 267 g/mol. The van der Waals surface area contributed by atoms with Gasteiger partial charge in [-0.15, -0.1) is 11.3 Å². The van der Waals surface area contributed by atoms with Gasteiger partial charge in [-0.3, -0.25) is 9.59 Å². The van der Waals surface area contributed by atoms with Crippen LogP contribution in [0.2, 0.25) is 0 Å². The fraction of sp³-hybridized carbons (Fsp3) is 0.500. The van der Waals surface area contributed by atoms with E-state index in [1.165, 1.54) is 11.3 Å². The highest BCUT2D eigenvalue weighted by molar-refractivity contribution is 7.19. The number of nitrogen functional groups attached to an aromatic ring is 1. The van der Waals surface area contributed by atoms with Gasteiger partial charge in [0, 0.05) is 12.0 Å². The lowest BCUT2D eigenvalue weighted by Crippen LogP contribution is -2.17. The van der Waals surface area contributed by atoms with Crippen molar-refractivity contribution < 1.29 is 9.59 Å². The third-order valence-electron chi connectivity index (χ3n) is 2.78. The number of carbonyl (C=O) groups is 2. The van der Waals surface area contributed by atoms with Gasteiger partial charge in [-0.1, -0.05) is 0 Å². The normalized spacial score (nSPS) is 14.8. The predicted molar refractivity (Wildman–Crippen MR) is 73.1 cm³/mol. The summed E-state index contributed by atoms with van der Waals surface area (Å²) in [7, 11) is 0. The number of primary amides is 1. The first-order valence-corrected chi connectivity index (χ1v) is 6.76. The monoisotopic (exact) mass is 267 g/mol. The molecule has 1 heterocycles. The van der Waals surface area contributed by atoms with Crippen LogP contribution in [0.3, 0.4) is 0 Å². The summed E-state index contributed by atoms with van der Waals surface area (Å²) < 4.78 is 0. The molecular weight excluding hydrogens is 250 g/mol. The maximum atomic E-state index is 12.1. The number of hydrogen-bond donors (Lipinski definition) is 3. The molecule has 0 spiro atoms. The smallest absolute Gasteiger partial charge is 0.253 e. The summed E-state index contributed by atoms with van der Waals surface area (Å²) in [6, 6.07) is 0.144. The molecule has 1 aliphatic carbocycles. The second kappa shape index (κ2) is 4.61. The van der Waals surface area contributed by atoms with Crippen molar-refractivity contribution in [2.45, 2.75) is 32.7 Å². The van der Waals surface area contributed by atoms with Crippen molar-refractivity contribution in [3.05, 3.63) is 10.4 Å². The van der Waals surface area contributed by atoms with Crippen LogP contribution in [0.1, 0.15) is 46.7 Å². The van der Waals surface area contributed by atoms with Crippen molar-refractivity contribution in [2.24, 2.45) is 11.7 Å². The standard InChI is InChI=1S/C12H17N3O2S/c1-5(2)15-12-7(11(14)17)8(13)10(18-12)9(16)6-3-4-6/h5-6,15H,3-4,13H2,1-2H3,(H2,14,17). The van der Waals surface area contributed by atoms with Crippen LogP contribution in [0.4, 0.5) is 10.7 Å². The van der Waals surface area contributed by atoms with Crippen LogP contribution in [0.15, 0.2) is 0 Å². The van der Waals surface area contributed by atoms with Crippen molar-refractivity contribution in [1.82, 2.24) is 0 Å². The van der Waals surface area contributed by atoms with E-state index >= 15 is 0 Å². The van der Waals surface area contributed by atoms with Crippen LogP contribution in [0, 0.1) is 5.92 Å². The maximum absolute atomic E-state index is 12.1. The summed E-state index contributed by atoms with van der Waals surface area (Å²) >= 11 is 1.23. The summed E-state index contributed by atoms with van der Waals surface area (Å²) in [5.41, 5.74) is 11.7. The quantitative estimate of drug-likeness (QED) is 0.709.